The van der Waals surface area contributed by atoms with E-state index in [1.807, 2.05) is 13.8 Å². The van der Waals surface area contributed by atoms with E-state index in [4.69, 9.17) is 28.4 Å². The lowest BCUT2D eigenvalue weighted by molar-refractivity contribution is -0.179. The van der Waals surface area contributed by atoms with Crippen LogP contribution in [0.2, 0.25) is 0 Å². The number of carbonyl (C=O) groups excluding carboxylic acids is 2. The molecule has 2 rings (SSSR count). The van der Waals surface area contributed by atoms with Crippen LogP contribution in [-0.2, 0) is 38.0 Å². The van der Waals surface area contributed by atoms with Crippen molar-refractivity contribution in [3.63, 3.8) is 0 Å². The van der Waals surface area contributed by atoms with Crippen molar-refractivity contribution in [2.75, 3.05) is 26.4 Å². The Morgan fingerprint density at radius 3 is 1.38 bits per heavy atom. The molecule has 2 saturated carbocycles. The lowest BCUT2D eigenvalue weighted by Gasteiger charge is -2.41. The summed E-state index contributed by atoms with van der Waals surface area (Å²) in [4.78, 5) is 22.7. The summed E-state index contributed by atoms with van der Waals surface area (Å²) in [7, 11) is 0. The molecule has 0 saturated heterocycles. The van der Waals surface area contributed by atoms with Crippen LogP contribution in [0.4, 0.5) is 0 Å². The number of carbonyl (C=O) groups is 2. The Balaban J connectivity index is 1.61. The molecule has 2 aliphatic rings. The zero-order valence-electron chi connectivity index (χ0n) is 24.8. The first-order valence-electron chi connectivity index (χ1n) is 15.0. The molecule has 0 aromatic carbocycles. The standard InChI is InChI=1S/C31H52O8/c1-6-9-30(32)36-21-19-34-23(4)38-27-15-11-25(12-16-27)29(8-3)26-13-17-28(18-14-26)39-24(5)35-20-22-37-31(33)10-7-2/h6-7,9-10,23-29H,8,11-22H2,1-5H3. The van der Waals surface area contributed by atoms with Gasteiger partial charge in [-0.3, -0.25) is 0 Å². The first-order valence-corrected chi connectivity index (χ1v) is 15.0. The molecule has 39 heavy (non-hydrogen) atoms. The highest BCUT2D eigenvalue weighted by atomic mass is 16.7. The summed E-state index contributed by atoms with van der Waals surface area (Å²) in [6, 6.07) is 0. The van der Waals surface area contributed by atoms with E-state index >= 15 is 0 Å². The van der Waals surface area contributed by atoms with Crippen LogP contribution in [0.25, 0.3) is 0 Å². The number of hydrogen-bond donors (Lipinski definition) is 0. The van der Waals surface area contributed by atoms with Crippen LogP contribution in [0.1, 0.15) is 92.4 Å². The summed E-state index contributed by atoms with van der Waals surface area (Å²) < 4.78 is 33.7. The molecule has 0 N–H and O–H groups in total. The monoisotopic (exact) mass is 552 g/mol. The third kappa shape index (κ3) is 13.4. The minimum Gasteiger partial charge on any atom is -0.460 e. The Hall–Kier alpha value is -1.74. The zero-order valence-corrected chi connectivity index (χ0v) is 24.8. The maximum Gasteiger partial charge on any atom is 0.330 e. The molecular weight excluding hydrogens is 500 g/mol. The topological polar surface area (TPSA) is 89.5 Å². The number of allylic oxidation sites excluding steroid dienone is 2. The Kier molecular flexibility index (Phi) is 16.6. The predicted molar refractivity (Wildman–Crippen MR) is 150 cm³/mol. The Morgan fingerprint density at radius 2 is 1.05 bits per heavy atom. The number of rotatable bonds is 17. The van der Waals surface area contributed by atoms with Gasteiger partial charge in [0, 0.05) is 12.2 Å². The van der Waals surface area contributed by atoms with Crippen LogP contribution in [0.3, 0.4) is 0 Å². The molecule has 0 aliphatic heterocycles. The van der Waals surface area contributed by atoms with Gasteiger partial charge in [-0.05, 0) is 96.8 Å². The smallest absolute Gasteiger partial charge is 0.330 e. The molecule has 2 atom stereocenters. The highest BCUT2D eigenvalue weighted by Gasteiger charge is 2.35. The van der Waals surface area contributed by atoms with Gasteiger partial charge in [-0.25, -0.2) is 9.59 Å². The molecule has 2 unspecified atom stereocenters. The summed E-state index contributed by atoms with van der Waals surface area (Å²) in [6.45, 7) is 10.9. The van der Waals surface area contributed by atoms with Gasteiger partial charge in [-0.1, -0.05) is 25.5 Å². The van der Waals surface area contributed by atoms with Gasteiger partial charge >= 0.3 is 11.9 Å². The summed E-state index contributed by atoms with van der Waals surface area (Å²) >= 11 is 0. The molecule has 0 amide bonds. The highest BCUT2D eigenvalue weighted by molar-refractivity contribution is 5.82. The van der Waals surface area contributed by atoms with Crippen molar-refractivity contribution in [3.8, 4) is 0 Å². The number of esters is 2. The van der Waals surface area contributed by atoms with E-state index in [1.165, 1.54) is 44.3 Å². The van der Waals surface area contributed by atoms with Crippen LogP contribution >= 0.6 is 0 Å². The summed E-state index contributed by atoms with van der Waals surface area (Å²) in [5.41, 5.74) is 0. The van der Waals surface area contributed by atoms with Gasteiger partial charge < -0.3 is 28.4 Å². The predicted octanol–water partition coefficient (Wildman–Crippen LogP) is 6.13. The van der Waals surface area contributed by atoms with Crippen molar-refractivity contribution in [2.45, 2.75) is 117 Å². The van der Waals surface area contributed by atoms with Crippen molar-refractivity contribution >= 4 is 11.9 Å². The summed E-state index contributed by atoms with van der Waals surface area (Å²) in [6.07, 6.45) is 16.3. The van der Waals surface area contributed by atoms with Crippen molar-refractivity contribution in [1.82, 2.24) is 0 Å². The molecule has 0 aromatic heterocycles. The van der Waals surface area contributed by atoms with Crippen LogP contribution in [0.15, 0.2) is 24.3 Å². The number of ether oxygens (including phenoxy) is 6. The van der Waals surface area contributed by atoms with Gasteiger partial charge in [0.2, 0.25) is 0 Å². The second-order valence-electron chi connectivity index (χ2n) is 10.6. The molecule has 0 heterocycles. The lowest BCUT2D eigenvalue weighted by atomic mass is 9.68. The SMILES string of the molecule is CC=CC(=O)OCCOC(C)OC1CCC(C(CC)C2CCC(OC(C)OCCOC(=O)C=CC)CC2)CC1. The summed E-state index contributed by atoms with van der Waals surface area (Å²) in [5, 5.41) is 0. The fourth-order valence-corrected chi connectivity index (χ4v) is 6.06. The van der Waals surface area contributed by atoms with E-state index in [-0.39, 0.29) is 49.9 Å². The van der Waals surface area contributed by atoms with Gasteiger partial charge in [-0.15, -0.1) is 0 Å². The minimum absolute atomic E-state index is 0.231. The maximum absolute atomic E-state index is 11.3. The first-order chi connectivity index (χ1) is 18.9. The fraction of sp³-hybridized carbons (Fsp3) is 0.806. The quantitative estimate of drug-likeness (QED) is 0.0922. The molecule has 8 nitrogen and oxygen atoms in total. The molecule has 2 fully saturated rings. The fourth-order valence-electron chi connectivity index (χ4n) is 6.06. The normalized spacial score (nSPS) is 26.4. The van der Waals surface area contributed by atoms with E-state index in [1.54, 1.807) is 26.0 Å². The van der Waals surface area contributed by atoms with Crippen molar-refractivity contribution < 1.29 is 38.0 Å². The summed E-state index contributed by atoms with van der Waals surface area (Å²) in [5.74, 6) is 1.58. The van der Waals surface area contributed by atoms with Crippen molar-refractivity contribution in [1.29, 1.82) is 0 Å². The van der Waals surface area contributed by atoms with Gasteiger partial charge in [0.05, 0.1) is 25.4 Å². The Labute approximate surface area is 235 Å². The molecule has 0 bridgehead atoms. The minimum atomic E-state index is -0.347. The molecule has 224 valence electrons. The molecule has 0 aromatic rings. The number of hydrogen-bond acceptors (Lipinski definition) is 8. The zero-order chi connectivity index (χ0) is 28.5. The van der Waals surface area contributed by atoms with Crippen LogP contribution in [0, 0.1) is 17.8 Å². The molecule has 0 spiro atoms. The van der Waals surface area contributed by atoms with Crippen LogP contribution < -0.4 is 0 Å². The van der Waals surface area contributed by atoms with Gasteiger partial charge in [0.15, 0.2) is 12.6 Å². The van der Waals surface area contributed by atoms with E-state index in [2.05, 4.69) is 6.92 Å². The largest absolute Gasteiger partial charge is 0.460 e. The van der Waals surface area contributed by atoms with Crippen molar-refractivity contribution in [3.05, 3.63) is 24.3 Å². The average molecular weight is 553 g/mol. The first kappa shape index (κ1) is 33.5. The van der Waals surface area contributed by atoms with Gasteiger partial charge in [0.1, 0.15) is 13.2 Å². The Bertz CT molecular complexity index is 675. The van der Waals surface area contributed by atoms with Gasteiger partial charge in [0.25, 0.3) is 0 Å². The molecular formula is C31H52O8. The van der Waals surface area contributed by atoms with E-state index in [0.29, 0.717) is 13.2 Å². The maximum atomic E-state index is 11.3. The second-order valence-corrected chi connectivity index (χ2v) is 10.6. The average Bonchev–Trinajstić information content (AvgIpc) is 2.92. The van der Waals surface area contributed by atoms with E-state index in [0.717, 1.165) is 43.4 Å². The van der Waals surface area contributed by atoms with E-state index < -0.39 is 0 Å². The third-order valence-corrected chi connectivity index (χ3v) is 7.85. The molecule has 2 aliphatic carbocycles. The molecule has 0 radical (unpaired) electrons. The highest BCUT2D eigenvalue weighted by Crippen LogP contribution is 2.42. The lowest BCUT2D eigenvalue weighted by Crippen LogP contribution is -2.35. The van der Waals surface area contributed by atoms with E-state index in [9.17, 15) is 9.59 Å². The van der Waals surface area contributed by atoms with Crippen LogP contribution in [-0.4, -0.2) is 63.2 Å². The Morgan fingerprint density at radius 1 is 0.667 bits per heavy atom. The second kappa shape index (κ2) is 19.4. The van der Waals surface area contributed by atoms with Crippen molar-refractivity contribution in [2.24, 2.45) is 17.8 Å². The van der Waals surface area contributed by atoms with Crippen LogP contribution in [0.5, 0.6) is 0 Å². The third-order valence-electron chi connectivity index (χ3n) is 7.85. The van der Waals surface area contributed by atoms with Gasteiger partial charge in [-0.2, -0.15) is 0 Å². The molecule has 8 heteroatoms.